The Balaban J connectivity index is 1.10. The Labute approximate surface area is 192 Å². The minimum atomic E-state index is 0.184. The summed E-state index contributed by atoms with van der Waals surface area (Å²) >= 11 is 0. The second kappa shape index (κ2) is 12.0. The van der Waals surface area contributed by atoms with Gasteiger partial charge in [-0.15, -0.1) is 0 Å². The predicted molar refractivity (Wildman–Crippen MR) is 131 cm³/mol. The summed E-state index contributed by atoms with van der Waals surface area (Å²) in [6, 6.07) is 21.4. The number of likely N-dealkylation sites (tertiary alicyclic amines) is 1. The second-order valence-corrected chi connectivity index (χ2v) is 8.99. The van der Waals surface area contributed by atoms with Crippen LogP contribution in [0.5, 0.6) is 0 Å². The first-order valence-electron chi connectivity index (χ1n) is 12.0. The Morgan fingerprint density at radius 2 is 1.44 bits per heavy atom. The highest BCUT2D eigenvalue weighted by Crippen LogP contribution is 2.14. The van der Waals surface area contributed by atoms with Crippen LogP contribution in [0.1, 0.15) is 24.0 Å². The molecule has 5 nitrogen and oxygen atoms in total. The van der Waals surface area contributed by atoms with Gasteiger partial charge in [0.2, 0.25) is 5.91 Å². The largest absolute Gasteiger partial charge is 0.352 e. The maximum atomic E-state index is 12.6. The van der Waals surface area contributed by atoms with Crippen molar-refractivity contribution < 1.29 is 4.79 Å². The van der Waals surface area contributed by atoms with Gasteiger partial charge >= 0.3 is 0 Å². The van der Waals surface area contributed by atoms with Gasteiger partial charge in [0.25, 0.3) is 0 Å². The van der Waals surface area contributed by atoms with Gasteiger partial charge in [-0.2, -0.15) is 0 Å². The van der Waals surface area contributed by atoms with Crippen LogP contribution >= 0.6 is 0 Å². The summed E-state index contributed by atoms with van der Waals surface area (Å²) < 4.78 is 0. The number of benzene rings is 2. The van der Waals surface area contributed by atoms with Gasteiger partial charge in [0.1, 0.15) is 0 Å². The number of carbonyl (C=O) groups is 1. The second-order valence-electron chi connectivity index (χ2n) is 8.99. The predicted octanol–water partition coefficient (Wildman–Crippen LogP) is 3.10. The Kier molecular flexibility index (Phi) is 8.49. The molecule has 0 radical (unpaired) electrons. The highest BCUT2D eigenvalue weighted by Gasteiger charge is 2.23. The molecule has 0 aromatic heterocycles. The number of nitrogens with one attached hydrogen (secondary N) is 1. The van der Waals surface area contributed by atoms with E-state index < -0.39 is 0 Å². The van der Waals surface area contributed by atoms with E-state index in [1.165, 1.54) is 11.1 Å². The molecule has 2 aliphatic heterocycles. The summed E-state index contributed by atoms with van der Waals surface area (Å²) in [5.41, 5.74) is 2.61. The third-order valence-electron chi connectivity index (χ3n) is 6.51. The molecule has 0 bridgehead atoms. The van der Waals surface area contributed by atoms with Crippen molar-refractivity contribution in [2.45, 2.75) is 25.4 Å². The molecule has 0 atom stereocenters. The van der Waals surface area contributed by atoms with Crippen LogP contribution in [-0.4, -0.2) is 79.0 Å². The molecule has 2 aromatic carbocycles. The van der Waals surface area contributed by atoms with E-state index in [0.717, 1.165) is 65.2 Å². The van der Waals surface area contributed by atoms with Gasteiger partial charge in [-0.1, -0.05) is 72.8 Å². The SMILES string of the molecule is O=C(CN1CCN(CC=Cc2ccccc2)CC1)NC1CCN(Cc2ccccc2)CC1. The van der Waals surface area contributed by atoms with Crippen LogP contribution in [0.4, 0.5) is 0 Å². The summed E-state index contributed by atoms with van der Waals surface area (Å²) in [7, 11) is 0. The number of hydrogen-bond acceptors (Lipinski definition) is 4. The van der Waals surface area contributed by atoms with Crippen molar-refractivity contribution in [3.63, 3.8) is 0 Å². The van der Waals surface area contributed by atoms with E-state index in [1.807, 2.05) is 6.07 Å². The molecular weight excluding hydrogens is 396 g/mol. The van der Waals surface area contributed by atoms with Gasteiger partial charge < -0.3 is 5.32 Å². The number of amides is 1. The van der Waals surface area contributed by atoms with E-state index in [9.17, 15) is 4.79 Å². The van der Waals surface area contributed by atoms with E-state index in [-0.39, 0.29) is 5.91 Å². The fourth-order valence-corrected chi connectivity index (χ4v) is 4.59. The molecule has 0 spiro atoms. The molecule has 2 fully saturated rings. The van der Waals surface area contributed by atoms with Gasteiger partial charge in [-0.25, -0.2) is 0 Å². The summed E-state index contributed by atoms with van der Waals surface area (Å²) in [5, 5.41) is 3.28. The fourth-order valence-electron chi connectivity index (χ4n) is 4.59. The standard InChI is InChI=1S/C27H36N4O/c32-27(28-26-13-16-30(17-14-26)22-25-10-5-2-6-11-25)23-31-20-18-29(19-21-31)15-7-12-24-8-3-1-4-9-24/h1-12,26H,13-23H2,(H,28,32). The van der Waals surface area contributed by atoms with E-state index in [0.29, 0.717) is 12.6 Å². The number of hydrogen-bond donors (Lipinski definition) is 1. The fraction of sp³-hybridized carbons (Fsp3) is 0.444. The number of rotatable bonds is 8. The summed E-state index contributed by atoms with van der Waals surface area (Å²) in [6.45, 7) is 8.56. The topological polar surface area (TPSA) is 38.8 Å². The van der Waals surface area contributed by atoms with Crippen LogP contribution in [0.25, 0.3) is 6.08 Å². The molecule has 2 aliphatic rings. The molecule has 1 N–H and O–H groups in total. The van der Waals surface area contributed by atoms with Crippen LogP contribution in [0.15, 0.2) is 66.7 Å². The average Bonchev–Trinajstić information content (AvgIpc) is 2.83. The maximum absolute atomic E-state index is 12.6. The zero-order valence-corrected chi connectivity index (χ0v) is 19.0. The lowest BCUT2D eigenvalue weighted by molar-refractivity contribution is -0.123. The van der Waals surface area contributed by atoms with Crippen molar-refractivity contribution in [3.8, 4) is 0 Å². The van der Waals surface area contributed by atoms with E-state index in [2.05, 4.69) is 86.8 Å². The summed E-state index contributed by atoms with van der Waals surface area (Å²) in [6.07, 6.45) is 6.51. The Morgan fingerprint density at radius 1 is 0.812 bits per heavy atom. The van der Waals surface area contributed by atoms with Gasteiger partial charge in [-0.05, 0) is 24.0 Å². The highest BCUT2D eigenvalue weighted by molar-refractivity contribution is 5.78. The molecule has 0 aliphatic carbocycles. The summed E-state index contributed by atoms with van der Waals surface area (Å²) in [4.78, 5) is 19.8. The van der Waals surface area contributed by atoms with Crippen molar-refractivity contribution in [2.75, 3.05) is 52.4 Å². The first kappa shape index (κ1) is 22.7. The maximum Gasteiger partial charge on any atom is 0.234 e. The van der Waals surface area contributed by atoms with Gasteiger partial charge in [0.05, 0.1) is 6.54 Å². The van der Waals surface area contributed by atoms with Crippen LogP contribution in [0, 0.1) is 0 Å². The Bertz CT molecular complexity index is 838. The zero-order valence-electron chi connectivity index (χ0n) is 19.0. The van der Waals surface area contributed by atoms with Crippen LogP contribution in [-0.2, 0) is 11.3 Å². The lowest BCUT2D eigenvalue weighted by atomic mass is 10.0. The van der Waals surface area contributed by atoms with Gasteiger partial charge in [0.15, 0.2) is 0 Å². The molecule has 1 amide bonds. The molecule has 4 rings (SSSR count). The number of piperazine rings is 1. The molecule has 2 heterocycles. The van der Waals surface area contributed by atoms with Crippen molar-refractivity contribution >= 4 is 12.0 Å². The number of piperidine rings is 1. The first-order valence-corrected chi connectivity index (χ1v) is 12.0. The van der Waals surface area contributed by atoms with Crippen molar-refractivity contribution in [1.82, 2.24) is 20.0 Å². The molecule has 170 valence electrons. The third-order valence-corrected chi connectivity index (χ3v) is 6.51. The van der Waals surface area contributed by atoms with E-state index in [1.54, 1.807) is 0 Å². The Morgan fingerprint density at radius 3 is 2.12 bits per heavy atom. The lowest BCUT2D eigenvalue weighted by Crippen LogP contribution is -2.51. The summed E-state index contributed by atoms with van der Waals surface area (Å²) in [5.74, 6) is 0.184. The number of carbonyl (C=O) groups excluding carboxylic acids is 1. The minimum Gasteiger partial charge on any atom is -0.352 e. The van der Waals surface area contributed by atoms with Crippen LogP contribution < -0.4 is 5.32 Å². The molecular formula is C27H36N4O. The molecule has 32 heavy (non-hydrogen) atoms. The van der Waals surface area contributed by atoms with Crippen LogP contribution in [0.2, 0.25) is 0 Å². The van der Waals surface area contributed by atoms with E-state index >= 15 is 0 Å². The smallest absolute Gasteiger partial charge is 0.234 e. The van der Waals surface area contributed by atoms with Gasteiger partial charge in [0, 0.05) is 58.4 Å². The quantitative estimate of drug-likeness (QED) is 0.696. The van der Waals surface area contributed by atoms with E-state index in [4.69, 9.17) is 0 Å². The molecule has 2 saturated heterocycles. The monoisotopic (exact) mass is 432 g/mol. The van der Waals surface area contributed by atoms with Gasteiger partial charge in [-0.3, -0.25) is 19.5 Å². The van der Waals surface area contributed by atoms with Crippen molar-refractivity contribution in [1.29, 1.82) is 0 Å². The Hall–Kier alpha value is -2.47. The lowest BCUT2D eigenvalue weighted by Gasteiger charge is -2.35. The molecule has 0 saturated carbocycles. The zero-order chi connectivity index (χ0) is 22.0. The normalized spacial score (nSPS) is 19.4. The minimum absolute atomic E-state index is 0.184. The third kappa shape index (κ3) is 7.30. The van der Waals surface area contributed by atoms with Crippen molar-refractivity contribution in [2.24, 2.45) is 0 Å². The highest BCUT2D eigenvalue weighted by atomic mass is 16.2. The molecule has 2 aromatic rings. The van der Waals surface area contributed by atoms with Crippen LogP contribution in [0.3, 0.4) is 0 Å². The molecule has 5 heteroatoms. The average molecular weight is 433 g/mol. The molecule has 0 unspecified atom stereocenters. The first-order chi connectivity index (χ1) is 15.7. The van der Waals surface area contributed by atoms with Crippen molar-refractivity contribution in [3.05, 3.63) is 77.9 Å². The number of nitrogens with zero attached hydrogens (tertiary/aromatic N) is 3.